The van der Waals surface area contributed by atoms with Gasteiger partial charge < -0.3 is 9.53 Å². The van der Waals surface area contributed by atoms with E-state index in [1.807, 2.05) is 42.5 Å². The summed E-state index contributed by atoms with van der Waals surface area (Å²) in [7, 11) is 0. The van der Waals surface area contributed by atoms with Crippen molar-refractivity contribution >= 4 is 6.29 Å². The quantitative estimate of drug-likeness (QED) is 0.778. The lowest BCUT2D eigenvalue weighted by Gasteiger charge is -2.13. The lowest BCUT2D eigenvalue weighted by atomic mass is 10.0. The Morgan fingerprint density at radius 2 is 1.95 bits per heavy atom. The van der Waals surface area contributed by atoms with Crippen LogP contribution in [0.2, 0.25) is 0 Å². The van der Waals surface area contributed by atoms with E-state index in [9.17, 15) is 4.79 Å². The normalized spacial score (nSPS) is 16.9. The van der Waals surface area contributed by atoms with Crippen molar-refractivity contribution in [1.29, 1.82) is 0 Å². The lowest BCUT2D eigenvalue weighted by molar-refractivity contribution is -0.109. The smallest absolute Gasteiger partial charge is 0.127 e. The third kappa shape index (κ3) is 2.39. The summed E-state index contributed by atoms with van der Waals surface area (Å²) in [6, 6.07) is 16.1. The van der Waals surface area contributed by atoms with Crippen LogP contribution in [0.4, 0.5) is 0 Å². The molecule has 0 saturated carbocycles. The van der Waals surface area contributed by atoms with Gasteiger partial charge >= 0.3 is 0 Å². The lowest BCUT2D eigenvalue weighted by Crippen LogP contribution is -2.01. The van der Waals surface area contributed by atoms with Crippen molar-refractivity contribution in [2.45, 2.75) is 25.4 Å². The van der Waals surface area contributed by atoms with E-state index < -0.39 is 0 Å². The molecule has 2 aromatic rings. The molecule has 2 nitrogen and oxygen atoms in total. The van der Waals surface area contributed by atoms with E-state index in [4.69, 9.17) is 4.74 Å². The number of carbonyl (C=O) groups excluding carboxylic acids is 1. The first-order valence-corrected chi connectivity index (χ1v) is 6.62. The summed E-state index contributed by atoms with van der Waals surface area (Å²) in [6.45, 7) is 0.545. The maximum absolute atomic E-state index is 11.1. The van der Waals surface area contributed by atoms with Crippen LogP contribution in [0.3, 0.4) is 0 Å². The molecule has 0 aromatic heterocycles. The highest BCUT2D eigenvalue weighted by molar-refractivity contribution is 5.68. The van der Waals surface area contributed by atoms with Gasteiger partial charge in [0.15, 0.2) is 0 Å². The predicted molar refractivity (Wildman–Crippen MR) is 74.3 cm³/mol. The van der Waals surface area contributed by atoms with Crippen LogP contribution in [0.1, 0.15) is 29.0 Å². The Morgan fingerprint density at radius 1 is 1.11 bits per heavy atom. The second-order valence-corrected chi connectivity index (χ2v) is 4.88. The number of hydrogen-bond acceptors (Lipinski definition) is 2. The molecule has 0 bridgehead atoms. The number of benzene rings is 2. The van der Waals surface area contributed by atoms with Crippen LogP contribution in [0.25, 0.3) is 0 Å². The van der Waals surface area contributed by atoms with E-state index >= 15 is 0 Å². The van der Waals surface area contributed by atoms with E-state index in [2.05, 4.69) is 6.07 Å². The van der Waals surface area contributed by atoms with Crippen LogP contribution in [-0.4, -0.2) is 6.29 Å². The number of rotatable bonds is 4. The molecule has 0 saturated heterocycles. The van der Waals surface area contributed by atoms with Crippen molar-refractivity contribution < 1.29 is 9.53 Å². The van der Waals surface area contributed by atoms with Crippen LogP contribution in [0.5, 0.6) is 5.75 Å². The summed E-state index contributed by atoms with van der Waals surface area (Å²) in [4.78, 5) is 11.1. The van der Waals surface area contributed by atoms with Gasteiger partial charge in [-0.3, -0.25) is 0 Å². The maximum atomic E-state index is 11.1. The van der Waals surface area contributed by atoms with Crippen molar-refractivity contribution in [2.75, 3.05) is 0 Å². The van der Waals surface area contributed by atoms with E-state index in [1.54, 1.807) is 0 Å². The highest BCUT2D eigenvalue weighted by atomic mass is 16.5. The SMILES string of the molecule is O=CC1CCc2cccc(OCc3ccccc3)c21. The Hall–Kier alpha value is -2.09. The zero-order valence-corrected chi connectivity index (χ0v) is 10.7. The number of aldehydes is 1. The molecule has 1 aliphatic rings. The van der Waals surface area contributed by atoms with Crippen molar-refractivity contribution in [3.63, 3.8) is 0 Å². The van der Waals surface area contributed by atoms with Crippen molar-refractivity contribution in [3.8, 4) is 5.75 Å². The van der Waals surface area contributed by atoms with Crippen molar-refractivity contribution in [3.05, 3.63) is 65.2 Å². The number of carbonyl (C=O) groups is 1. The van der Waals surface area contributed by atoms with E-state index in [-0.39, 0.29) is 5.92 Å². The molecule has 1 aliphatic carbocycles. The monoisotopic (exact) mass is 252 g/mol. The summed E-state index contributed by atoms with van der Waals surface area (Å²) in [5.41, 5.74) is 3.48. The van der Waals surface area contributed by atoms with Crippen LogP contribution >= 0.6 is 0 Å². The maximum Gasteiger partial charge on any atom is 0.127 e. The summed E-state index contributed by atoms with van der Waals surface area (Å²) in [6.07, 6.45) is 2.92. The zero-order valence-electron chi connectivity index (χ0n) is 10.7. The number of fused-ring (bicyclic) bond motifs is 1. The van der Waals surface area contributed by atoms with Gasteiger partial charge in [0.05, 0.1) is 0 Å². The fraction of sp³-hybridized carbons (Fsp3) is 0.235. The first kappa shape index (κ1) is 12.0. The van der Waals surface area contributed by atoms with Gasteiger partial charge in [0.2, 0.25) is 0 Å². The van der Waals surface area contributed by atoms with Gasteiger partial charge in [-0.2, -0.15) is 0 Å². The molecule has 0 aliphatic heterocycles. The minimum atomic E-state index is 0.00183. The molecule has 0 fully saturated rings. The molecule has 2 heteroatoms. The minimum absolute atomic E-state index is 0.00183. The minimum Gasteiger partial charge on any atom is -0.489 e. The summed E-state index contributed by atoms with van der Waals surface area (Å²) in [5, 5.41) is 0. The molecule has 2 aromatic carbocycles. The highest BCUT2D eigenvalue weighted by Gasteiger charge is 2.25. The summed E-state index contributed by atoms with van der Waals surface area (Å²) in [5.74, 6) is 0.859. The van der Waals surface area contributed by atoms with Crippen LogP contribution in [-0.2, 0) is 17.8 Å². The van der Waals surface area contributed by atoms with Gasteiger partial charge in [-0.15, -0.1) is 0 Å². The molecule has 1 unspecified atom stereocenters. The zero-order chi connectivity index (χ0) is 13.1. The van der Waals surface area contributed by atoms with E-state index in [0.717, 1.165) is 36.0 Å². The predicted octanol–water partition coefficient (Wildman–Crippen LogP) is 3.49. The summed E-state index contributed by atoms with van der Waals surface area (Å²) < 4.78 is 5.91. The average Bonchev–Trinajstić information content (AvgIpc) is 2.90. The molecular formula is C17H16O2. The molecule has 0 amide bonds. The first-order chi connectivity index (χ1) is 9.38. The molecule has 96 valence electrons. The molecule has 0 spiro atoms. The van der Waals surface area contributed by atoms with Crippen LogP contribution in [0.15, 0.2) is 48.5 Å². The second-order valence-electron chi connectivity index (χ2n) is 4.88. The number of aryl methyl sites for hydroxylation is 1. The van der Waals surface area contributed by atoms with Gasteiger partial charge in [-0.05, 0) is 30.0 Å². The Balaban J connectivity index is 1.82. The molecule has 0 radical (unpaired) electrons. The number of hydrogen-bond donors (Lipinski definition) is 0. The average molecular weight is 252 g/mol. The molecule has 19 heavy (non-hydrogen) atoms. The molecule has 3 rings (SSSR count). The Labute approximate surface area is 113 Å². The third-order valence-electron chi connectivity index (χ3n) is 3.65. The first-order valence-electron chi connectivity index (χ1n) is 6.62. The highest BCUT2D eigenvalue weighted by Crippen LogP contribution is 2.38. The van der Waals surface area contributed by atoms with Gasteiger partial charge in [0.1, 0.15) is 18.6 Å². The Kier molecular flexibility index (Phi) is 3.32. The Bertz CT molecular complexity index is 575. The second kappa shape index (κ2) is 5.27. The van der Waals surface area contributed by atoms with E-state index in [1.165, 1.54) is 5.56 Å². The van der Waals surface area contributed by atoms with E-state index in [0.29, 0.717) is 6.61 Å². The fourth-order valence-corrected chi connectivity index (χ4v) is 2.68. The van der Waals surface area contributed by atoms with Gasteiger partial charge in [-0.25, -0.2) is 0 Å². The van der Waals surface area contributed by atoms with Gasteiger partial charge in [0.25, 0.3) is 0 Å². The summed E-state index contributed by atoms with van der Waals surface area (Å²) >= 11 is 0. The largest absolute Gasteiger partial charge is 0.489 e. The third-order valence-corrected chi connectivity index (χ3v) is 3.65. The molecule has 0 heterocycles. The standard InChI is InChI=1S/C17H16O2/c18-11-15-10-9-14-7-4-8-16(17(14)15)19-12-13-5-2-1-3-6-13/h1-8,11,15H,9-10,12H2. The van der Waals surface area contributed by atoms with Gasteiger partial charge in [0, 0.05) is 11.5 Å². The molecular weight excluding hydrogens is 236 g/mol. The van der Waals surface area contributed by atoms with Gasteiger partial charge in [-0.1, -0.05) is 42.5 Å². The van der Waals surface area contributed by atoms with Crippen LogP contribution < -0.4 is 4.74 Å². The van der Waals surface area contributed by atoms with Crippen LogP contribution in [0, 0.1) is 0 Å². The molecule has 1 atom stereocenters. The van der Waals surface area contributed by atoms with Crippen molar-refractivity contribution in [2.24, 2.45) is 0 Å². The Morgan fingerprint density at radius 3 is 2.74 bits per heavy atom. The molecule has 0 N–H and O–H groups in total. The topological polar surface area (TPSA) is 26.3 Å². The van der Waals surface area contributed by atoms with Crippen molar-refractivity contribution in [1.82, 2.24) is 0 Å². The fourth-order valence-electron chi connectivity index (χ4n) is 2.68. The number of ether oxygens (including phenoxy) is 1.